The van der Waals surface area contributed by atoms with E-state index in [1.807, 2.05) is 12.2 Å². The van der Waals surface area contributed by atoms with Crippen LogP contribution in [0, 0.1) is 5.92 Å². The van der Waals surface area contributed by atoms with Crippen LogP contribution >= 0.6 is 23.2 Å². The Bertz CT molecular complexity index is 468. The highest BCUT2D eigenvalue weighted by atomic mass is 35.5. The van der Waals surface area contributed by atoms with E-state index in [1.165, 1.54) is 0 Å². The maximum Gasteiger partial charge on any atom is 0.251 e. The summed E-state index contributed by atoms with van der Waals surface area (Å²) in [7, 11) is 0. The minimum Gasteiger partial charge on any atom is -0.396 e. The topological polar surface area (TPSA) is 49.3 Å². The van der Waals surface area contributed by atoms with Crippen molar-refractivity contribution in [3.63, 3.8) is 0 Å². The van der Waals surface area contributed by atoms with Crippen molar-refractivity contribution in [3.8, 4) is 0 Å². The van der Waals surface area contributed by atoms with Crippen LogP contribution < -0.4 is 5.32 Å². The van der Waals surface area contributed by atoms with Crippen molar-refractivity contribution in [1.29, 1.82) is 0 Å². The standard InChI is InChI=1S/C13H13Cl2NO2/c14-10-4-9(5-11(15)6-10)13(18)16-12-2-1-8(3-12)7-17/h1-2,4-6,8,12,17H,3,7H2,(H,16,18)/t8-,12+/m0/s1. The highest BCUT2D eigenvalue weighted by Crippen LogP contribution is 2.21. The number of carbonyl (C=O) groups is 1. The molecule has 2 N–H and O–H groups in total. The van der Waals surface area contributed by atoms with Crippen molar-refractivity contribution in [2.24, 2.45) is 5.92 Å². The molecule has 0 aliphatic heterocycles. The van der Waals surface area contributed by atoms with E-state index in [0.29, 0.717) is 15.6 Å². The van der Waals surface area contributed by atoms with E-state index in [0.717, 1.165) is 6.42 Å². The van der Waals surface area contributed by atoms with Gasteiger partial charge in [0.25, 0.3) is 5.91 Å². The molecule has 2 rings (SSSR count). The lowest BCUT2D eigenvalue weighted by atomic mass is 10.1. The van der Waals surface area contributed by atoms with Gasteiger partial charge in [-0.15, -0.1) is 0 Å². The van der Waals surface area contributed by atoms with Crippen LogP contribution in [0.4, 0.5) is 0 Å². The second kappa shape index (κ2) is 5.74. The molecule has 0 saturated carbocycles. The third-order valence-corrected chi connectivity index (χ3v) is 3.28. The summed E-state index contributed by atoms with van der Waals surface area (Å²) >= 11 is 11.7. The highest BCUT2D eigenvalue weighted by molar-refractivity contribution is 6.35. The zero-order chi connectivity index (χ0) is 13.1. The minimum atomic E-state index is -0.215. The molecule has 3 nitrogen and oxygen atoms in total. The second-order valence-corrected chi connectivity index (χ2v) is 5.17. The summed E-state index contributed by atoms with van der Waals surface area (Å²) in [5.74, 6) is -0.0918. The molecule has 0 saturated heterocycles. The van der Waals surface area contributed by atoms with Crippen molar-refractivity contribution in [2.75, 3.05) is 6.61 Å². The Labute approximate surface area is 115 Å². The summed E-state index contributed by atoms with van der Waals surface area (Å²) < 4.78 is 0. The van der Waals surface area contributed by atoms with Gasteiger partial charge < -0.3 is 10.4 Å². The Morgan fingerprint density at radius 3 is 2.50 bits per heavy atom. The lowest BCUT2D eigenvalue weighted by molar-refractivity contribution is 0.0941. The number of benzene rings is 1. The van der Waals surface area contributed by atoms with Crippen molar-refractivity contribution in [3.05, 3.63) is 46.0 Å². The predicted molar refractivity (Wildman–Crippen MR) is 72.0 cm³/mol. The van der Waals surface area contributed by atoms with Gasteiger partial charge in [0.2, 0.25) is 0 Å². The number of nitrogens with one attached hydrogen (secondary N) is 1. The summed E-state index contributed by atoms with van der Waals surface area (Å²) in [5.41, 5.74) is 0.438. The maximum absolute atomic E-state index is 12.0. The third kappa shape index (κ3) is 3.25. The molecule has 0 spiro atoms. The van der Waals surface area contributed by atoms with E-state index in [2.05, 4.69) is 5.32 Å². The molecular weight excluding hydrogens is 273 g/mol. The number of aliphatic hydroxyl groups excluding tert-OH is 1. The molecule has 18 heavy (non-hydrogen) atoms. The summed E-state index contributed by atoms with van der Waals surface area (Å²) in [5, 5.41) is 12.7. The Morgan fingerprint density at radius 1 is 1.28 bits per heavy atom. The molecule has 0 fully saturated rings. The lowest BCUT2D eigenvalue weighted by Crippen LogP contribution is -2.32. The molecular formula is C13H13Cl2NO2. The number of rotatable bonds is 3. The number of aliphatic hydroxyl groups is 1. The molecule has 1 aliphatic carbocycles. The summed E-state index contributed by atoms with van der Waals surface area (Å²) in [6.07, 6.45) is 4.53. The fourth-order valence-corrected chi connectivity index (χ4v) is 2.48. The molecule has 1 amide bonds. The van der Waals surface area contributed by atoms with E-state index >= 15 is 0 Å². The van der Waals surface area contributed by atoms with Gasteiger partial charge in [-0.05, 0) is 24.6 Å². The van der Waals surface area contributed by atoms with Crippen LogP contribution in [0.3, 0.4) is 0 Å². The molecule has 0 aromatic heterocycles. The molecule has 1 aliphatic rings. The lowest BCUT2D eigenvalue weighted by Gasteiger charge is -2.13. The van der Waals surface area contributed by atoms with Crippen molar-refractivity contribution in [1.82, 2.24) is 5.32 Å². The number of hydrogen-bond donors (Lipinski definition) is 2. The Hall–Kier alpha value is -1.03. The Balaban J connectivity index is 2.02. The van der Waals surface area contributed by atoms with E-state index in [1.54, 1.807) is 18.2 Å². The first kappa shape index (κ1) is 13.4. The molecule has 0 heterocycles. The summed E-state index contributed by atoms with van der Waals surface area (Å²) in [6.45, 7) is 0.103. The van der Waals surface area contributed by atoms with Crippen LogP contribution in [0.2, 0.25) is 10.0 Å². The first-order valence-corrected chi connectivity index (χ1v) is 6.40. The smallest absolute Gasteiger partial charge is 0.251 e. The molecule has 0 radical (unpaired) electrons. The molecule has 1 aromatic rings. The van der Waals surface area contributed by atoms with Gasteiger partial charge in [0.15, 0.2) is 0 Å². The zero-order valence-corrected chi connectivity index (χ0v) is 11.1. The summed E-state index contributed by atoms with van der Waals surface area (Å²) in [4.78, 5) is 12.0. The molecule has 0 unspecified atom stereocenters. The van der Waals surface area contributed by atoms with Crippen LogP contribution in [-0.4, -0.2) is 23.7 Å². The van der Waals surface area contributed by atoms with Gasteiger partial charge in [-0.25, -0.2) is 0 Å². The molecule has 2 atom stereocenters. The third-order valence-electron chi connectivity index (χ3n) is 2.85. The highest BCUT2D eigenvalue weighted by Gasteiger charge is 2.20. The van der Waals surface area contributed by atoms with Gasteiger partial charge in [0, 0.05) is 34.2 Å². The number of amides is 1. The average Bonchev–Trinajstić information content (AvgIpc) is 2.75. The van der Waals surface area contributed by atoms with Crippen LogP contribution in [0.5, 0.6) is 0 Å². The van der Waals surface area contributed by atoms with Gasteiger partial charge in [-0.3, -0.25) is 4.79 Å². The largest absolute Gasteiger partial charge is 0.396 e. The average molecular weight is 286 g/mol. The Kier molecular flexibility index (Phi) is 4.27. The van der Waals surface area contributed by atoms with Gasteiger partial charge in [0.05, 0.1) is 0 Å². The molecule has 0 bridgehead atoms. The monoisotopic (exact) mass is 285 g/mol. The maximum atomic E-state index is 12.0. The van der Waals surface area contributed by atoms with Crippen LogP contribution in [0.25, 0.3) is 0 Å². The zero-order valence-electron chi connectivity index (χ0n) is 9.57. The second-order valence-electron chi connectivity index (χ2n) is 4.30. The SMILES string of the molecule is O=C(N[C@@H]1C=C[C@H](CO)C1)c1cc(Cl)cc(Cl)c1. The number of carbonyl (C=O) groups excluding carboxylic acids is 1. The van der Waals surface area contributed by atoms with Crippen molar-refractivity contribution >= 4 is 29.1 Å². The van der Waals surface area contributed by atoms with Crippen LogP contribution in [0.1, 0.15) is 16.8 Å². The summed E-state index contributed by atoms with van der Waals surface area (Å²) in [6, 6.07) is 4.68. The van der Waals surface area contributed by atoms with Gasteiger partial charge in [-0.1, -0.05) is 35.4 Å². The van der Waals surface area contributed by atoms with Gasteiger partial charge in [-0.2, -0.15) is 0 Å². The molecule has 1 aromatic carbocycles. The molecule has 96 valence electrons. The Morgan fingerprint density at radius 2 is 1.94 bits per heavy atom. The number of halogens is 2. The van der Waals surface area contributed by atoms with E-state index in [9.17, 15) is 4.79 Å². The fourth-order valence-electron chi connectivity index (χ4n) is 1.95. The molecule has 5 heteroatoms. The predicted octanol–water partition coefficient (Wildman–Crippen LogP) is 2.66. The van der Waals surface area contributed by atoms with Gasteiger partial charge in [0.1, 0.15) is 0 Å². The minimum absolute atomic E-state index is 0.0487. The fraction of sp³-hybridized carbons (Fsp3) is 0.308. The van der Waals surface area contributed by atoms with Crippen LogP contribution in [0.15, 0.2) is 30.4 Å². The quantitative estimate of drug-likeness (QED) is 0.839. The van der Waals surface area contributed by atoms with E-state index in [4.69, 9.17) is 28.3 Å². The number of hydrogen-bond acceptors (Lipinski definition) is 2. The van der Waals surface area contributed by atoms with Gasteiger partial charge >= 0.3 is 0 Å². The first-order valence-electron chi connectivity index (χ1n) is 5.64. The normalized spacial score (nSPS) is 22.2. The first-order chi connectivity index (χ1) is 8.58. The van der Waals surface area contributed by atoms with E-state index < -0.39 is 0 Å². The van der Waals surface area contributed by atoms with Crippen LogP contribution in [-0.2, 0) is 0 Å². The van der Waals surface area contributed by atoms with E-state index in [-0.39, 0.29) is 24.5 Å². The van der Waals surface area contributed by atoms with Crippen molar-refractivity contribution < 1.29 is 9.90 Å². The van der Waals surface area contributed by atoms with Crippen molar-refractivity contribution in [2.45, 2.75) is 12.5 Å².